The first-order chi connectivity index (χ1) is 14.2. The molecule has 0 bridgehead atoms. The predicted molar refractivity (Wildman–Crippen MR) is 113 cm³/mol. The normalized spacial score (nSPS) is 22.5. The zero-order chi connectivity index (χ0) is 20.1. The molecule has 0 radical (unpaired) electrons. The lowest BCUT2D eigenvalue weighted by Crippen LogP contribution is -2.17. The molecule has 1 N–H and O–H groups in total. The molecule has 0 spiro atoms. The topological polar surface area (TPSA) is 64.2 Å². The molecule has 29 heavy (non-hydrogen) atoms. The first-order valence-corrected chi connectivity index (χ1v) is 11.1. The molecule has 0 unspecified atom stereocenters. The van der Waals surface area contributed by atoms with Gasteiger partial charge in [-0.2, -0.15) is 0 Å². The lowest BCUT2D eigenvalue weighted by atomic mass is 9.77. The van der Waals surface area contributed by atoms with Crippen molar-refractivity contribution in [1.29, 1.82) is 0 Å². The fourth-order valence-electron chi connectivity index (χ4n) is 4.86. The summed E-state index contributed by atoms with van der Waals surface area (Å²) in [6.45, 7) is 0.780. The zero-order valence-electron chi connectivity index (χ0n) is 17.4. The molecule has 5 heteroatoms. The van der Waals surface area contributed by atoms with Crippen molar-refractivity contribution in [3.05, 3.63) is 35.9 Å². The minimum atomic E-state index is -0.0797. The van der Waals surface area contributed by atoms with Crippen LogP contribution in [0, 0.1) is 11.8 Å². The summed E-state index contributed by atoms with van der Waals surface area (Å²) in [5.41, 5.74) is 3.53. The van der Waals surface area contributed by atoms with Crippen LogP contribution in [0.2, 0.25) is 0 Å². The Balaban J connectivity index is 1.30. The Labute approximate surface area is 173 Å². The number of nitrogens with one attached hydrogen (secondary N) is 1. The van der Waals surface area contributed by atoms with Crippen molar-refractivity contribution < 1.29 is 14.3 Å². The second-order valence-corrected chi connectivity index (χ2v) is 8.70. The molecule has 2 aliphatic rings. The summed E-state index contributed by atoms with van der Waals surface area (Å²) in [5.74, 6) is 2.37. The van der Waals surface area contributed by atoms with Gasteiger partial charge >= 0.3 is 5.97 Å². The van der Waals surface area contributed by atoms with Crippen molar-refractivity contribution in [3.8, 4) is 17.1 Å². The number of nitrogens with zero attached hydrogens (tertiary/aromatic N) is 1. The molecule has 2 aromatic rings. The predicted octanol–water partition coefficient (Wildman–Crippen LogP) is 5.48. The van der Waals surface area contributed by atoms with E-state index in [9.17, 15) is 4.79 Å². The van der Waals surface area contributed by atoms with Gasteiger partial charge in [0.15, 0.2) is 0 Å². The van der Waals surface area contributed by atoms with Crippen LogP contribution in [0.5, 0.6) is 5.88 Å². The molecule has 0 aliphatic heterocycles. The lowest BCUT2D eigenvalue weighted by molar-refractivity contribution is -0.142. The third kappa shape index (κ3) is 5.20. The number of hydrogen-bond acceptors (Lipinski definition) is 4. The highest BCUT2D eigenvalue weighted by Crippen LogP contribution is 2.37. The minimum absolute atomic E-state index is 0.0797. The van der Waals surface area contributed by atoms with Gasteiger partial charge in [0.25, 0.3) is 0 Å². The summed E-state index contributed by atoms with van der Waals surface area (Å²) in [5, 5.41) is 7.43. The smallest absolute Gasteiger partial charge is 0.305 e. The fourth-order valence-corrected chi connectivity index (χ4v) is 4.86. The maximum atomic E-state index is 11.5. The highest BCUT2D eigenvalue weighted by atomic mass is 16.5. The van der Waals surface area contributed by atoms with Gasteiger partial charge in [-0.1, -0.05) is 37.1 Å². The van der Waals surface area contributed by atoms with Gasteiger partial charge in [-0.05, 0) is 67.4 Å². The van der Waals surface area contributed by atoms with Crippen LogP contribution in [-0.2, 0) is 9.53 Å². The van der Waals surface area contributed by atoms with Crippen LogP contribution in [0.15, 0.2) is 30.3 Å². The molecule has 0 atom stereocenters. The van der Waals surface area contributed by atoms with E-state index in [4.69, 9.17) is 9.47 Å². The highest BCUT2D eigenvalue weighted by Gasteiger charge is 2.24. The molecule has 1 heterocycles. The van der Waals surface area contributed by atoms with Crippen LogP contribution in [0.4, 0.5) is 0 Å². The summed E-state index contributed by atoms with van der Waals surface area (Å²) in [6, 6.07) is 10.8. The van der Waals surface area contributed by atoms with E-state index in [1.54, 1.807) is 0 Å². The zero-order valence-corrected chi connectivity index (χ0v) is 17.4. The molecule has 156 valence electrons. The molecular weight excluding hydrogens is 364 g/mol. The van der Waals surface area contributed by atoms with Crippen molar-refractivity contribution >= 4 is 5.97 Å². The quantitative estimate of drug-likeness (QED) is 0.629. The number of aromatic amines is 1. The third-order valence-corrected chi connectivity index (χ3v) is 6.72. The molecular formula is C24H32N2O3. The Bertz CT molecular complexity index is 785. The number of carbonyl (C=O) groups excluding carboxylic acids is 1. The average Bonchev–Trinajstić information content (AvgIpc) is 3.45. The Morgan fingerprint density at radius 2 is 1.76 bits per heavy atom. The molecule has 5 nitrogen and oxygen atoms in total. The lowest BCUT2D eigenvalue weighted by Gasteiger charge is -2.28. The first-order valence-electron chi connectivity index (χ1n) is 11.1. The van der Waals surface area contributed by atoms with Crippen molar-refractivity contribution in [3.63, 3.8) is 0 Å². The molecule has 0 amide bonds. The Morgan fingerprint density at radius 3 is 2.45 bits per heavy atom. The first kappa shape index (κ1) is 20.0. The maximum absolute atomic E-state index is 11.5. The molecule has 2 saturated carbocycles. The molecule has 4 rings (SSSR count). The number of ether oxygens (including phenoxy) is 2. The molecule has 2 aliphatic carbocycles. The van der Waals surface area contributed by atoms with Crippen LogP contribution in [-0.4, -0.2) is 29.9 Å². The van der Waals surface area contributed by atoms with Crippen LogP contribution >= 0.6 is 0 Å². The fraction of sp³-hybridized carbons (Fsp3) is 0.583. The Hall–Kier alpha value is -2.30. The third-order valence-electron chi connectivity index (χ3n) is 6.72. The Morgan fingerprint density at radius 1 is 1.03 bits per heavy atom. The summed E-state index contributed by atoms with van der Waals surface area (Å²) >= 11 is 0. The average molecular weight is 397 g/mol. The second-order valence-electron chi connectivity index (χ2n) is 8.70. The van der Waals surface area contributed by atoms with Crippen molar-refractivity contribution in [2.24, 2.45) is 11.8 Å². The van der Waals surface area contributed by atoms with Crippen LogP contribution < -0.4 is 4.74 Å². The van der Waals surface area contributed by atoms with Crippen LogP contribution in [0.3, 0.4) is 0 Å². The van der Waals surface area contributed by atoms with E-state index in [-0.39, 0.29) is 5.97 Å². The summed E-state index contributed by atoms with van der Waals surface area (Å²) in [7, 11) is 1.47. The summed E-state index contributed by atoms with van der Waals surface area (Å²) in [6.07, 6.45) is 10.3. The Kier molecular flexibility index (Phi) is 6.53. The van der Waals surface area contributed by atoms with Crippen LogP contribution in [0.1, 0.15) is 69.3 Å². The van der Waals surface area contributed by atoms with E-state index < -0.39 is 0 Å². The van der Waals surface area contributed by atoms with E-state index in [0.29, 0.717) is 30.1 Å². The van der Waals surface area contributed by atoms with Crippen molar-refractivity contribution in [2.45, 2.75) is 63.7 Å². The molecule has 1 aromatic heterocycles. The number of esters is 1. The number of benzene rings is 1. The van der Waals surface area contributed by atoms with Gasteiger partial charge in [0, 0.05) is 12.5 Å². The molecule has 1 aromatic carbocycles. The van der Waals surface area contributed by atoms with E-state index >= 15 is 0 Å². The molecule has 2 fully saturated rings. The maximum Gasteiger partial charge on any atom is 0.305 e. The summed E-state index contributed by atoms with van der Waals surface area (Å²) < 4.78 is 10.7. The van der Waals surface area contributed by atoms with Gasteiger partial charge < -0.3 is 9.47 Å². The number of hydrogen-bond donors (Lipinski definition) is 1. The van der Waals surface area contributed by atoms with Gasteiger partial charge in [-0.25, -0.2) is 0 Å². The SMILES string of the molecule is COC(=O)CC1CCC(c2ccc(-c3cc(OCC4CCCC4)n[nH]3)cc2)CC1. The van der Waals surface area contributed by atoms with Gasteiger partial charge in [0.1, 0.15) is 0 Å². The van der Waals surface area contributed by atoms with Crippen molar-refractivity contribution in [1.82, 2.24) is 10.2 Å². The van der Waals surface area contributed by atoms with Crippen LogP contribution in [0.25, 0.3) is 11.3 Å². The minimum Gasteiger partial charge on any atom is -0.476 e. The monoisotopic (exact) mass is 396 g/mol. The summed E-state index contributed by atoms with van der Waals surface area (Å²) in [4.78, 5) is 11.5. The van der Waals surface area contributed by atoms with E-state index in [1.807, 2.05) is 6.07 Å². The number of carbonyl (C=O) groups is 1. The van der Waals surface area contributed by atoms with Gasteiger partial charge in [0.05, 0.1) is 19.4 Å². The number of rotatable bonds is 7. The number of aromatic nitrogens is 2. The standard InChI is InChI=1S/C24H32N2O3/c1-28-24(27)14-17-6-8-19(9-7-17)20-10-12-21(13-11-20)22-15-23(26-25-22)29-16-18-4-2-3-5-18/h10-13,15,17-19H,2-9,14,16H2,1H3,(H,25,26). The number of methoxy groups -OCH3 is 1. The van der Waals surface area contributed by atoms with Gasteiger partial charge in [-0.3, -0.25) is 9.89 Å². The molecule has 0 saturated heterocycles. The van der Waals surface area contributed by atoms with Gasteiger partial charge in [0.2, 0.25) is 5.88 Å². The van der Waals surface area contributed by atoms with E-state index in [1.165, 1.54) is 38.4 Å². The largest absolute Gasteiger partial charge is 0.476 e. The highest BCUT2D eigenvalue weighted by molar-refractivity contribution is 5.69. The van der Waals surface area contributed by atoms with Crippen molar-refractivity contribution in [2.75, 3.05) is 13.7 Å². The number of H-pyrrole nitrogens is 1. The van der Waals surface area contributed by atoms with Gasteiger partial charge in [-0.15, -0.1) is 5.10 Å². The van der Waals surface area contributed by atoms with E-state index in [2.05, 4.69) is 34.5 Å². The second kappa shape index (κ2) is 9.47. The van der Waals surface area contributed by atoms with E-state index in [0.717, 1.165) is 43.5 Å².